The molecule has 8 N–H and O–H groups in total. The van der Waals surface area contributed by atoms with Crippen LogP contribution in [0.5, 0.6) is 5.75 Å². The van der Waals surface area contributed by atoms with Gasteiger partial charge in [-0.25, -0.2) is 4.57 Å². The normalized spacial score (nSPS) is 12.9. The quantitative estimate of drug-likeness (QED) is 0.136. The van der Waals surface area contributed by atoms with Crippen LogP contribution in [0.3, 0.4) is 0 Å². The maximum absolute atomic E-state index is 13.1. The van der Waals surface area contributed by atoms with Crippen LogP contribution in [-0.2, 0) is 36.6 Å². The summed E-state index contributed by atoms with van der Waals surface area (Å²) in [5.41, 5.74) is 9.18. The molecule has 41 heavy (non-hydrogen) atoms. The molecule has 3 rings (SSSR count). The van der Waals surface area contributed by atoms with Crippen LogP contribution in [-0.4, -0.2) is 55.7 Å². The molecule has 0 spiro atoms. The molecule has 0 bridgehead atoms. The van der Waals surface area contributed by atoms with Crippen LogP contribution in [0.25, 0.3) is 10.9 Å². The number of hydrogen-bond acceptors (Lipinski definition) is 6. The van der Waals surface area contributed by atoms with Gasteiger partial charge in [-0.2, -0.15) is 0 Å². The number of primary amides is 1. The second-order valence-electron chi connectivity index (χ2n) is 9.70. The third-order valence-electron chi connectivity index (χ3n) is 6.55. The number of amides is 3. The molecule has 3 aromatic rings. The zero-order valence-corrected chi connectivity index (χ0v) is 23.4. The minimum atomic E-state index is -4.73. The van der Waals surface area contributed by atoms with Gasteiger partial charge in [-0.05, 0) is 67.1 Å². The summed E-state index contributed by atoms with van der Waals surface area (Å²) in [6.45, 7) is 3.40. The van der Waals surface area contributed by atoms with Gasteiger partial charge in [0.15, 0.2) is 0 Å². The van der Waals surface area contributed by atoms with Gasteiger partial charge in [-0.1, -0.05) is 18.2 Å². The molecule has 1 unspecified atom stereocenters. The Balaban J connectivity index is 1.68. The number of benzene rings is 2. The van der Waals surface area contributed by atoms with Gasteiger partial charge in [0, 0.05) is 36.4 Å². The highest BCUT2D eigenvalue weighted by molar-refractivity contribution is 7.46. The SMILES string of the molecule is Cc1cc(OP(=O)(O)O)cc(C)c1CCC(=O)NC(CCC(=O)O)C(=O)N[C@@H](Cc1c[nH]c2ccccc12)C(N)=O. The molecular formula is C27H33N4O9P. The molecular weight excluding hydrogens is 555 g/mol. The van der Waals surface area contributed by atoms with Crippen LogP contribution in [0.2, 0.25) is 0 Å². The molecule has 0 fully saturated rings. The van der Waals surface area contributed by atoms with Crippen LogP contribution in [0.15, 0.2) is 42.6 Å². The molecule has 0 aliphatic carbocycles. The van der Waals surface area contributed by atoms with Crippen LogP contribution in [0.1, 0.15) is 41.5 Å². The Morgan fingerprint density at radius 3 is 2.29 bits per heavy atom. The number of phosphoric ester groups is 1. The van der Waals surface area contributed by atoms with Crippen molar-refractivity contribution in [1.82, 2.24) is 15.6 Å². The second-order valence-corrected chi connectivity index (χ2v) is 10.9. The van der Waals surface area contributed by atoms with Crippen molar-refractivity contribution in [3.05, 3.63) is 64.8 Å². The van der Waals surface area contributed by atoms with Crippen LogP contribution in [0.4, 0.5) is 0 Å². The van der Waals surface area contributed by atoms with Crippen molar-refractivity contribution in [1.29, 1.82) is 0 Å². The summed E-state index contributed by atoms with van der Waals surface area (Å²) in [7, 11) is -4.73. The summed E-state index contributed by atoms with van der Waals surface area (Å²) < 4.78 is 15.8. The molecule has 14 heteroatoms. The largest absolute Gasteiger partial charge is 0.524 e. The molecule has 0 aliphatic rings. The average molecular weight is 589 g/mol. The lowest BCUT2D eigenvalue weighted by Crippen LogP contribution is -2.53. The second kappa shape index (κ2) is 13.4. The fourth-order valence-corrected chi connectivity index (χ4v) is 4.98. The van der Waals surface area contributed by atoms with Gasteiger partial charge >= 0.3 is 13.8 Å². The van der Waals surface area contributed by atoms with Gasteiger partial charge in [0.2, 0.25) is 17.7 Å². The molecule has 0 aliphatic heterocycles. The summed E-state index contributed by atoms with van der Waals surface area (Å²) in [6.07, 6.45) is 1.36. The number of carboxylic acid groups (broad SMARTS) is 1. The van der Waals surface area contributed by atoms with E-state index < -0.39 is 50.0 Å². The van der Waals surface area contributed by atoms with Crippen molar-refractivity contribution in [2.75, 3.05) is 0 Å². The number of phosphoric acid groups is 1. The van der Waals surface area contributed by atoms with Gasteiger partial charge in [0.05, 0.1) is 0 Å². The fourth-order valence-electron chi connectivity index (χ4n) is 4.60. The van der Waals surface area contributed by atoms with E-state index in [1.54, 1.807) is 20.0 Å². The van der Waals surface area contributed by atoms with E-state index in [2.05, 4.69) is 20.1 Å². The van der Waals surface area contributed by atoms with Gasteiger partial charge < -0.3 is 31.0 Å². The zero-order chi connectivity index (χ0) is 30.3. The van der Waals surface area contributed by atoms with Crippen molar-refractivity contribution in [3.63, 3.8) is 0 Å². The van der Waals surface area contributed by atoms with Crippen molar-refractivity contribution < 1.29 is 43.2 Å². The van der Waals surface area contributed by atoms with E-state index in [1.165, 1.54) is 12.1 Å². The molecule has 220 valence electrons. The number of fused-ring (bicyclic) bond motifs is 1. The number of carboxylic acids is 1. The highest BCUT2D eigenvalue weighted by atomic mass is 31.2. The number of para-hydroxylation sites is 1. The van der Waals surface area contributed by atoms with Crippen molar-refractivity contribution in [2.24, 2.45) is 5.73 Å². The number of nitrogens with one attached hydrogen (secondary N) is 3. The molecule has 0 radical (unpaired) electrons. The Morgan fingerprint density at radius 1 is 1.02 bits per heavy atom. The van der Waals surface area contributed by atoms with Gasteiger partial charge in [-0.15, -0.1) is 0 Å². The number of rotatable bonds is 14. The first-order valence-electron chi connectivity index (χ1n) is 12.7. The van der Waals surface area contributed by atoms with E-state index in [9.17, 15) is 23.7 Å². The van der Waals surface area contributed by atoms with E-state index in [0.29, 0.717) is 11.1 Å². The first kappa shape index (κ1) is 31.3. The van der Waals surface area contributed by atoms with Gasteiger partial charge in [0.25, 0.3) is 0 Å². The van der Waals surface area contributed by atoms with Crippen LogP contribution in [0, 0.1) is 13.8 Å². The lowest BCUT2D eigenvalue weighted by molar-refractivity contribution is -0.138. The number of aliphatic carboxylic acids is 1. The predicted octanol–water partition coefficient (Wildman–Crippen LogP) is 1.75. The van der Waals surface area contributed by atoms with Crippen molar-refractivity contribution in [3.8, 4) is 5.75 Å². The Hall–Kier alpha value is -4.19. The zero-order valence-electron chi connectivity index (χ0n) is 22.5. The Kier molecular flexibility index (Phi) is 10.3. The number of hydrogen-bond donors (Lipinski definition) is 7. The molecule has 0 saturated carbocycles. The Morgan fingerprint density at radius 2 is 1.68 bits per heavy atom. The van der Waals surface area contributed by atoms with E-state index in [-0.39, 0.29) is 31.4 Å². The molecule has 2 atom stereocenters. The molecule has 1 heterocycles. The average Bonchev–Trinajstić information content (AvgIpc) is 3.27. The number of carbonyl (C=O) groups is 4. The lowest BCUT2D eigenvalue weighted by Gasteiger charge is -2.22. The van der Waals surface area contributed by atoms with E-state index >= 15 is 0 Å². The minimum absolute atomic E-state index is 0.0106. The topological polar surface area (TPSA) is 221 Å². The minimum Gasteiger partial charge on any atom is -0.481 e. The van der Waals surface area contributed by atoms with Crippen molar-refractivity contribution >= 4 is 42.4 Å². The number of aromatic amines is 1. The monoisotopic (exact) mass is 588 g/mol. The standard InChI is InChI=1S/C27H33N4O9P/c1-15-11-18(40-41(37,38)39)12-16(2)19(15)7-9-24(32)30-22(8-10-25(33)34)27(36)31-23(26(28)35)13-17-14-29-21-6-4-3-5-20(17)21/h3-6,11-12,14,22-23,29H,7-10,13H2,1-2H3,(H2,28,35)(H,30,32)(H,31,36)(H,33,34)(H2,37,38,39)/t22?,23-/m0/s1. The molecule has 13 nitrogen and oxygen atoms in total. The van der Waals surface area contributed by atoms with Crippen LogP contribution < -0.4 is 20.9 Å². The maximum Gasteiger partial charge on any atom is 0.524 e. The third kappa shape index (κ3) is 9.17. The van der Waals surface area contributed by atoms with Gasteiger partial charge in [-0.3, -0.25) is 29.0 Å². The van der Waals surface area contributed by atoms with E-state index in [4.69, 9.17) is 20.6 Å². The molecule has 2 aromatic carbocycles. The summed E-state index contributed by atoms with van der Waals surface area (Å²) in [5, 5.41) is 15.1. The molecule has 1 aromatic heterocycles. The predicted molar refractivity (Wildman–Crippen MR) is 149 cm³/mol. The van der Waals surface area contributed by atoms with Crippen molar-refractivity contribution in [2.45, 2.75) is 58.0 Å². The highest BCUT2D eigenvalue weighted by Gasteiger charge is 2.27. The highest BCUT2D eigenvalue weighted by Crippen LogP contribution is 2.38. The number of carbonyl (C=O) groups excluding carboxylic acids is 3. The molecule has 0 saturated heterocycles. The fraction of sp³-hybridized carbons (Fsp3) is 0.333. The summed E-state index contributed by atoms with van der Waals surface area (Å²) in [5.74, 6) is -3.23. The number of H-pyrrole nitrogens is 1. The summed E-state index contributed by atoms with van der Waals surface area (Å²) in [6, 6.07) is 7.96. The Bertz CT molecular complexity index is 1470. The smallest absolute Gasteiger partial charge is 0.481 e. The lowest BCUT2D eigenvalue weighted by atomic mass is 9.98. The number of aryl methyl sites for hydroxylation is 2. The number of nitrogens with two attached hydrogens (primary N) is 1. The van der Waals surface area contributed by atoms with E-state index in [0.717, 1.165) is 22.0 Å². The Labute approximate surface area is 235 Å². The van der Waals surface area contributed by atoms with Gasteiger partial charge in [0.1, 0.15) is 17.8 Å². The van der Waals surface area contributed by atoms with Crippen LogP contribution >= 0.6 is 7.82 Å². The van der Waals surface area contributed by atoms with E-state index in [1.807, 2.05) is 24.3 Å². The third-order valence-corrected chi connectivity index (χ3v) is 7.00. The number of aromatic nitrogens is 1. The summed E-state index contributed by atoms with van der Waals surface area (Å²) >= 11 is 0. The summed E-state index contributed by atoms with van der Waals surface area (Å²) in [4.78, 5) is 70.5. The molecule has 3 amide bonds. The first-order valence-corrected chi connectivity index (χ1v) is 14.3. The first-order chi connectivity index (χ1) is 19.2. The maximum atomic E-state index is 13.1.